The topological polar surface area (TPSA) is 38.8 Å². The molecule has 0 aliphatic carbocycles. The van der Waals surface area contributed by atoms with E-state index in [1.165, 1.54) is 0 Å². The second kappa shape index (κ2) is 7.24. The molecule has 1 aromatic rings. The van der Waals surface area contributed by atoms with Crippen LogP contribution in [0.25, 0.3) is 6.08 Å². The largest absolute Gasteiger partial charge is 0.454 e. The van der Waals surface area contributed by atoms with Gasteiger partial charge in [0.15, 0.2) is 11.5 Å². The highest BCUT2D eigenvalue weighted by atomic mass is 32.2. The van der Waals surface area contributed by atoms with E-state index in [0.29, 0.717) is 0 Å². The highest BCUT2D eigenvalue weighted by molar-refractivity contribution is 7.98. The molecular weight excluding hydrogens is 274 g/mol. The highest BCUT2D eigenvalue weighted by Crippen LogP contribution is 2.32. The molecule has 2 rings (SSSR count). The lowest BCUT2D eigenvalue weighted by atomic mass is 10.2. The fourth-order valence-corrected chi connectivity index (χ4v) is 2.32. The molecule has 0 spiro atoms. The third kappa shape index (κ3) is 3.70. The predicted octanol–water partition coefficient (Wildman–Crippen LogP) is 2.64. The van der Waals surface area contributed by atoms with Crippen LogP contribution in [0.5, 0.6) is 11.5 Å². The third-order valence-electron chi connectivity index (χ3n) is 3.07. The molecule has 0 saturated heterocycles. The summed E-state index contributed by atoms with van der Waals surface area (Å²) in [5.74, 6) is 2.48. The molecule has 1 aliphatic rings. The van der Waals surface area contributed by atoms with Gasteiger partial charge in [0.25, 0.3) is 0 Å². The first-order valence-electron chi connectivity index (χ1n) is 6.60. The number of carbonyl (C=O) groups is 1. The molecule has 1 amide bonds. The van der Waals surface area contributed by atoms with Crippen LogP contribution in [-0.4, -0.2) is 42.7 Å². The van der Waals surface area contributed by atoms with E-state index in [-0.39, 0.29) is 12.7 Å². The van der Waals surface area contributed by atoms with Gasteiger partial charge in [-0.15, -0.1) is 0 Å². The molecule has 0 bridgehead atoms. The molecule has 4 nitrogen and oxygen atoms in total. The minimum Gasteiger partial charge on any atom is -0.454 e. The van der Waals surface area contributed by atoms with Crippen LogP contribution in [0, 0.1) is 0 Å². The number of amides is 1. The first-order chi connectivity index (χ1) is 9.74. The zero-order valence-electron chi connectivity index (χ0n) is 11.8. The summed E-state index contributed by atoms with van der Waals surface area (Å²) >= 11 is 1.74. The van der Waals surface area contributed by atoms with E-state index in [0.717, 1.165) is 35.9 Å². The van der Waals surface area contributed by atoms with Crippen molar-refractivity contribution in [2.24, 2.45) is 0 Å². The molecule has 0 saturated carbocycles. The quantitative estimate of drug-likeness (QED) is 0.756. The van der Waals surface area contributed by atoms with E-state index in [2.05, 4.69) is 0 Å². The van der Waals surface area contributed by atoms with E-state index in [9.17, 15) is 4.79 Å². The highest BCUT2D eigenvalue weighted by Gasteiger charge is 2.12. The van der Waals surface area contributed by atoms with Crippen molar-refractivity contribution >= 4 is 23.7 Å². The number of carbonyl (C=O) groups excluding carboxylic acids is 1. The number of thioether (sulfide) groups is 1. The van der Waals surface area contributed by atoms with Gasteiger partial charge in [-0.25, -0.2) is 0 Å². The van der Waals surface area contributed by atoms with Gasteiger partial charge in [-0.1, -0.05) is 6.07 Å². The maximum Gasteiger partial charge on any atom is 0.246 e. The zero-order chi connectivity index (χ0) is 14.4. The summed E-state index contributed by atoms with van der Waals surface area (Å²) in [4.78, 5) is 13.9. The van der Waals surface area contributed by atoms with Gasteiger partial charge < -0.3 is 14.4 Å². The van der Waals surface area contributed by atoms with Gasteiger partial charge >= 0.3 is 0 Å². The maximum absolute atomic E-state index is 12.1. The average Bonchev–Trinajstić information content (AvgIpc) is 2.93. The van der Waals surface area contributed by atoms with Crippen LogP contribution in [0.3, 0.4) is 0 Å². The van der Waals surface area contributed by atoms with Crippen molar-refractivity contribution in [2.75, 3.05) is 31.9 Å². The average molecular weight is 293 g/mol. The molecule has 0 atom stereocenters. The number of rotatable bonds is 6. The predicted molar refractivity (Wildman–Crippen MR) is 82.2 cm³/mol. The lowest BCUT2D eigenvalue weighted by Gasteiger charge is -2.18. The van der Waals surface area contributed by atoms with Crippen molar-refractivity contribution in [3.63, 3.8) is 0 Å². The van der Waals surface area contributed by atoms with Crippen molar-refractivity contribution in [1.29, 1.82) is 0 Å². The second-order valence-electron chi connectivity index (χ2n) is 4.36. The summed E-state index contributed by atoms with van der Waals surface area (Å²) in [6.45, 7) is 3.76. The van der Waals surface area contributed by atoms with Gasteiger partial charge in [0, 0.05) is 24.9 Å². The van der Waals surface area contributed by atoms with Crippen molar-refractivity contribution < 1.29 is 14.3 Å². The molecule has 108 valence electrons. The van der Waals surface area contributed by atoms with Crippen LogP contribution in [0.1, 0.15) is 12.5 Å². The van der Waals surface area contributed by atoms with Gasteiger partial charge in [0.2, 0.25) is 12.7 Å². The number of hydrogen-bond donors (Lipinski definition) is 0. The molecule has 0 N–H and O–H groups in total. The normalized spacial score (nSPS) is 12.9. The summed E-state index contributed by atoms with van der Waals surface area (Å²) in [7, 11) is 0. The molecule has 1 aromatic carbocycles. The lowest BCUT2D eigenvalue weighted by molar-refractivity contribution is -0.125. The lowest BCUT2D eigenvalue weighted by Crippen LogP contribution is -2.31. The van der Waals surface area contributed by atoms with E-state index < -0.39 is 0 Å². The van der Waals surface area contributed by atoms with E-state index in [4.69, 9.17) is 9.47 Å². The van der Waals surface area contributed by atoms with Crippen LogP contribution in [0.2, 0.25) is 0 Å². The molecule has 5 heteroatoms. The molecular formula is C15H19NO3S. The van der Waals surface area contributed by atoms with E-state index >= 15 is 0 Å². The Bertz CT molecular complexity index is 502. The van der Waals surface area contributed by atoms with E-state index in [1.807, 2.05) is 42.4 Å². The van der Waals surface area contributed by atoms with Crippen LogP contribution in [0.4, 0.5) is 0 Å². The van der Waals surface area contributed by atoms with Crippen LogP contribution >= 0.6 is 11.8 Å². The van der Waals surface area contributed by atoms with Gasteiger partial charge in [-0.3, -0.25) is 4.79 Å². The van der Waals surface area contributed by atoms with Crippen LogP contribution < -0.4 is 9.47 Å². The first-order valence-corrected chi connectivity index (χ1v) is 7.99. The number of benzene rings is 1. The smallest absolute Gasteiger partial charge is 0.246 e. The summed E-state index contributed by atoms with van der Waals surface area (Å²) in [5, 5.41) is 0. The molecule has 0 unspecified atom stereocenters. The fourth-order valence-electron chi connectivity index (χ4n) is 1.92. The number of fused-ring (bicyclic) bond motifs is 1. The Morgan fingerprint density at radius 1 is 1.40 bits per heavy atom. The molecule has 1 aliphatic heterocycles. The first kappa shape index (κ1) is 14.8. The summed E-state index contributed by atoms with van der Waals surface area (Å²) in [6, 6.07) is 5.65. The minimum absolute atomic E-state index is 0.0409. The van der Waals surface area contributed by atoms with Crippen molar-refractivity contribution in [2.45, 2.75) is 6.92 Å². The summed E-state index contributed by atoms with van der Waals surface area (Å²) < 4.78 is 10.6. The van der Waals surface area contributed by atoms with Gasteiger partial charge in [0.1, 0.15) is 0 Å². The van der Waals surface area contributed by atoms with Crippen molar-refractivity contribution in [1.82, 2.24) is 4.90 Å². The number of likely N-dealkylation sites (N-methyl/N-ethyl adjacent to an activating group) is 1. The Kier molecular flexibility index (Phi) is 5.35. The fraction of sp³-hybridized carbons (Fsp3) is 0.400. The van der Waals surface area contributed by atoms with E-state index in [1.54, 1.807) is 17.8 Å². The molecule has 20 heavy (non-hydrogen) atoms. The third-order valence-corrected chi connectivity index (χ3v) is 3.66. The monoisotopic (exact) mass is 293 g/mol. The van der Waals surface area contributed by atoms with Crippen LogP contribution in [-0.2, 0) is 4.79 Å². The summed E-state index contributed by atoms with van der Waals surface area (Å²) in [6.07, 6.45) is 5.47. The number of ether oxygens (including phenoxy) is 2. The Morgan fingerprint density at radius 2 is 2.20 bits per heavy atom. The van der Waals surface area contributed by atoms with Crippen LogP contribution in [0.15, 0.2) is 24.3 Å². The maximum atomic E-state index is 12.1. The molecule has 0 aromatic heterocycles. The van der Waals surface area contributed by atoms with Gasteiger partial charge in [0.05, 0.1) is 0 Å². The Balaban J connectivity index is 1.99. The number of hydrogen-bond acceptors (Lipinski definition) is 4. The number of nitrogens with zero attached hydrogens (tertiary/aromatic N) is 1. The van der Waals surface area contributed by atoms with Gasteiger partial charge in [-0.2, -0.15) is 11.8 Å². The Labute approximate surface area is 123 Å². The second-order valence-corrected chi connectivity index (χ2v) is 5.34. The minimum atomic E-state index is 0.0409. The zero-order valence-corrected chi connectivity index (χ0v) is 12.6. The SMILES string of the molecule is CCN(CCSC)C(=O)C=Cc1ccc2c(c1)OCO2. The molecule has 1 heterocycles. The standard InChI is InChI=1S/C15H19NO3S/c1-3-16(8-9-20-2)15(17)7-5-12-4-6-13-14(10-12)19-11-18-13/h4-7,10H,3,8-9,11H2,1-2H3. The Morgan fingerprint density at radius 3 is 2.95 bits per heavy atom. The molecule has 0 fully saturated rings. The van der Waals surface area contributed by atoms with Gasteiger partial charge in [-0.05, 0) is 37.0 Å². The molecule has 0 radical (unpaired) electrons. The summed E-state index contributed by atoms with van der Waals surface area (Å²) in [5.41, 5.74) is 0.934. The Hall–Kier alpha value is -1.62. The van der Waals surface area contributed by atoms with Crippen molar-refractivity contribution in [3.8, 4) is 11.5 Å². The van der Waals surface area contributed by atoms with Crippen molar-refractivity contribution in [3.05, 3.63) is 29.8 Å².